The van der Waals surface area contributed by atoms with Crippen LogP contribution in [-0.2, 0) is 22.4 Å². The van der Waals surface area contributed by atoms with Gasteiger partial charge in [-0.15, -0.1) is 0 Å². The molecule has 0 aromatic heterocycles. The zero-order chi connectivity index (χ0) is 22.8. The summed E-state index contributed by atoms with van der Waals surface area (Å²) < 4.78 is 17.1. The van der Waals surface area contributed by atoms with Gasteiger partial charge in [0.05, 0.1) is 19.3 Å². The maximum Gasteiger partial charge on any atom is 0.249 e. The Labute approximate surface area is 191 Å². The Balaban J connectivity index is 1.90. The van der Waals surface area contributed by atoms with Crippen LogP contribution >= 0.6 is 11.6 Å². The van der Waals surface area contributed by atoms with Gasteiger partial charge in [-0.2, -0.15) is 0 Å². The van der Waals surface area contributed by atoms with Gasteiger partial charge in [-0.3, -0.25) is 4.79 Å². The fourth-order valence-electron chi connectivity index (χ4n) is 3.20. The van der Waals surface area contributed by atoms with Gasteiger partial charge in [0.15, 0.2) is 11.5 Å². The van der Waals surface area contributed by atoms with E-state index in [1.807, 2.05) is 70.2 Å². The van der Waals surface area contributed by atoms with E-state index < -0.39 is 6.10 Å². The summed E-state index contributed by atoms with van der Waals surface area (Å²) in [5.41, 5.74) is 2.20. The summed E-state index contributed by atoms with van der Waals surface area (Å²) in [5, 5.41) is 3.71. The smallest absolute Gasteiger partial charge is 0.249 e. The van der Waals surface area contributed by atoms with Crippen LogP contribution in [0.15, 0.2) is 42.5 Å². The number of aryl methyl sites for hydroxylation is 1. The molecule has 2 rings (SSSR count). The van der Waals surface area contributed by atoms with Gasteiger partial charge in [0, 0.05) is 11.6 Å². The standard InChI is InChI=1S/C25H34ClNO4/c1-17(2)30-22-12-9-20(16-24(22)29-5)14-15-27-25(28)23(31-18(3)4)13-8-19-6-10-21(26)11-7-19/h6-7,9-12,16-18,23H,8,13-15H2,1-5H3,(H,27,28)/t23-/m1/s1. The zero-order valence-corrected chi connectivity index (χ0v) is 19.9. The van der Waals surface area contributed by atoms with Crippen LogP contribution in [0.1, 0.15) is 45.2 Å². The highest BCUT2D eigenvalue weighted by atomic mass is 35.5. The van der Waals surface area contributed by atoms with E-state index in [4.69, 9.17) is 25.8 Å². The SMILES string of the molecule is COc1cc(CCNC(=O)[C@@H](CCc2ccc(Cl)cc2)OC(C)C)ccc1OC(C)C. The van der Waals surface area contributed by atoms with Crippen molar-refractivity contribution in [2.75, 3.05) is 13.7 Å². The van der Waals surface area contributed by atoms with E-state index >= 15 is 0 Å². The van der Waals surface area contributed by atoms with Gasteiger partial charge in [0.1, 0.15) is 6.10 Å². The van der Waals surface area contributed by atoms with Gasteiger partial charge < -0.3 is 19.5 Å². The number of hydrogen-bond donors (Lipinski definition) is 1. The molecule has 2 aromatic rings. The van der Waals surface area contributed by atoms with Crippen molar-refractivity contribution < 1.29 is 19.0 Å². The van der Waals surface area contributed by atoms with Crippen LogP contribution in [0.5, 0.6) is 11.5 Å². The zero-order valence-electron chi connectivity index (χ0n) is 19.1. The quantitative estimate of drug-likeness (QED) is 0.484. The molecule has 0 spiro atoms. The maximum absolute atomic E-state index is 12.7. The van der Waals surface area contributed by atoms with Crippen molar-refractivity contribution in [2.45, 2.75) is 65.3 Å². The first-order valence-corrected chi connectivity index (χ1v) is 11.2. The molecule has 0 bridgehead atoms. The van der Waals surface area contributed by atoms with Gasteiger partial charge in [0.25, 0.3) is 0 Å². The van der Waals surface area contributed by atoms with Crippen molar-refractivity contribution >= 4 is 17.5 Å². The molecule has 1 atom stereocenters. The van der Waals surface area contributed by atoms with Gasteiger partial charge >= 0.3 is 0 Å². The minimum atomic E-state index is -0.493. The van der Waals surface area contributed by atoms with Crippen LogP contribution in [0.25, 0.3) is 0 Å². The topological polar surface area (TPSA) is 56.8 Å². The number of carbonyl (C=O) groups excluding carboxylic acids is 1. The molecule has 0 heterocycles. The Kier molecular flexibility index (Phi) is 10.2. The van der Waals surface area contributed by atoms with Crippen molar-refractivity contribution in [3.05, 3.63) is 58.6 Å². The Hall–Kier alpha value is -2.24. The van der Waals surface area contributed by atoms with Crippen molar-refractivity contribution in [1.29, 1.82) is 0 Å². The van der Waals surface area contributed by atoms with Gasteiger partial charge in [-0.25, -0.2) is 0 Å². The van der Waals surface area contributed by atoms with E-state index in [9.17, 15) is 4.79 Å². The highest BCUT2D eigenvalue weighted by Crippen LogP contribution is 2.29. The summed E-state index contributed by atoms with van der Waals surface area (Å²) in [6.45, 7) is 8.35. The molecular weight excluding hydrogens is 414 g/mol. The minimum Gasteiger partial charge on any atom is -0.493 e. The van der Waals surface area contributed by atoms with E-state index in [1.54, 1.807) is 7.11 Å². The van der Waals surface area contributed by atoms with Gasteiger partial charge in [0.2, 0.25) is 5.91 Å². The van der Waals surface area contributed by atoms with Crippen LogP contribution in [0.4, 0.5) is 0 Å². The molecule has 1 amide bonds. The number of rotatable bonds is 12. The van der Waals surface area contributed by atoms with Gasteiger partial charge in [-0.05, 0) is 82.3 Å². The van der Waals surface area contributed by atoms with Crippen molar-refractivity contribution in [3.63, 3.8) is 0 Å². The van der Waals surface area contributed by atoms with Crippen LogP contribution in [-0.4, -0.2) is 37.9 Å². The number of methoxy groups -OCH3 is 1. The average Bonchev–Trinajstić information content (AvgIpc) is 2.72. The van der Waals surface area contributed by atoms with Crippen LogP contribution < -0.4 is 14.8 Å². The number of carbonyl (C=O) groups is 1. The second-order valence-corrected chi connectivity index (χ2v) is 8.47. The molecule has 6 heteroatoms. The first-order chi connectivity index (χ1) is 14.8. The third-order valence-electron chi connectivity index (χ3n) is 4.64. The number of nitrogens with one attached hydrogen (secondary N) is 1. The van der Waals surface area contributed by atoms with Crippen LogP contribution in [0.2, 0.25) is 5.02 Å². The van der Waals surface area contributed by atoms with E-state index in [-0.39, 0.29) is 18.1 Å². The fourth-order valence-corrected chi connectivity index (χ4v) is 3.33. The Morgan fingerprint density at radius 1 is 0.935 bits per heavy atom. The molecular formula is C25H34ClNO4. The van der Waals surface area contributed by atoms with Gasteiger partial charge in [-0.1, -0.05) is 29.8 Å². The number of benzene rings is 2. The summed E-state index contributed by atoms with van der Waals surface area (Å²) >= 11 is 5.95. The Bertz CT molecular complexity index is 821. The highest BCUT2D eigenvalue weighted by Gasteiger charge is 2.20. The van der Waals surface area contributed by atoms with E-state index in [2.05, 4.69) is 5.32 Å². The lowest BCUT2D eigenvalue weighted by molar-refractivity contribution is -0.136. The number of halogens is 1. The second kappa shape index (κ2) is 12.6. The summed E-state index contributed by atoms with van der Waals surface area (Å²) in [6.07, 6.45) is 1.60. The molecule has 0 fully saturated rings. The number of amides is 1. The molecule has 2 aromatic carbocycles. The lowest BCUT2D eigenvalue weighted by Crippen LogP contribution is -2.39. The Morgan fingerprint density at radius 3 is 2.23 bits per heavy atom. The highest BCUT2D eigenvalue weighted by molar-refractivity contribution is 6.30. The third-order valence-corrected chi connectivity index (χ3v) is 4.89. The molecule has 0 radical (unpaired) electrons. The normalized spacial score (nSPS) is 12.1. The average molecular weight is 448 g/mol. The Morgan fingerprint density at radius 2 is 1.61 bits per heavy atom. The summed E-state index contributed by atoms with van der Waals surface area (Å²) in [5.74, 6) is 1.33. The van der Waals surface area contributed by atoms with Crippen molar-refractivity contribution in [2.24, 2.45) is 0 Å². The molecule has 0 aliphatic carbocycles. The lowest BCUT2D eigenvalue weighted by Gasteiger charge is -2.20. The summed E-state index contributed by atoms with van der Waals surface area (Å²) in [4.78, 5) is 12.7. The van der Waals surface area contributed by atoms with Crippen LogP contribution in [0.3, 0.4) is 0 Å². The molecule has 0 saturated heterocycles. The lowest BCUT2D eigenvalue weighted by atomic mass is 10.1. The van der Waals surface area contributed by atoms with Crippen molar-refractivity contribution in [1.82, 2.24) is 5.32 Å². The van der Waals surface area contributed by atoms with E-state index in [0.29, 0.717) is 30.2 Å². The maximum atomic E-state index is 12.7. The molecule has 170 valence electrons. The first kappa shape index (κ1) is 25.0. The predicted octanol–water partition coefficient (Wildman–Crippen LogP) is 5.22. The van der Waals surface area contributed by atoms with Crippen molar-refractivity contribution in [3.8, 4) is 11.5 Å². The number of ether oxygens (including phenoxy) is 3. The first-order valence-electron chi connectivity index (χ1n) is 10.8. The van der Waals surface area contributed by atoms with Crippen LogP contribution in [0, 0.1) is 0 Å². The molecule has 31 heavy (non-hydrogen) atoms. The molecule has 0 aliphatic heterocycles. The number of hydrogen-bond acceptors (Lipinski definition) is 4. The largest absolute Gasteiger partial charge is 0.493 e. The fraction of sp³-hybridized carbons (Fsp3) is 0.480. The molecule has 0 aliphatic rings. The summed E-state index contributed by atoms with van der Waals surface area (Å²) in [7, 11) is 1.63. The molecule has 0 unspecified atom stereocenters. The predicted molar refractivity (Wildman–Crippen MR) is 125 cm³/mol. The monoisotopic (exact) mass is 447 g/mol. The molecule has 0 saturated carbocycles. The van der Waals surface area contributed by atoms with E-state index in [0.717, 1.165) is 23.3 Å². The molecule has 1 N–H and O–H groups in total. The van der Waals surface area contributed by atoms with E-state index in [1.165, 1.54) is 0 Å². The second-order valence-electron chi connectivity index (χ2n) is 8.03. The third kappa shape index (κ3) is 8.80. The minimum absolute atomic E-state index is 0.0290. The summed E-state index contributed by atoms with van der Waals surface area (Å²) in [6, 6.07) is 13.5. The molecule has 5 nitrogen and oxygen atoms in total.